The Balaban J connectivity index is 1.35. The van der Waals surface area contributed by atoms with Gasteiger partial charge in [-0.1, -0.05) is 36.9 Å². The topological polar surface area (TPSA) is 350 Å². The summed E-state index contributed by atoms with van der Waals surface area (Å²) in [5, 5.41) is 74.9. The zero-order valence-electron chi connectivity index (χ0n) is 43.2. The molecule has 1 unspecified atom stereocenters. The van der Waals surface area contributed by atoms with Gasteiger partial charge >= 0.3 is 31.0 Å². The molecule has 5 aliphatic rings. The van der Waals surface area contributed by atoms with Crippen LogP contribution < -0.4 is 21.6 Å². The first-order valence-electron chi connectivity index (χ1n) is 24.5. The molecule has 0 radical (unpaired) electrons. The van der Waals surface area contributed by atoms with Gasteiger partial charge in [0.05, 0.1) is 46.5 Å². The SMILES string of the molecule is C=CC1=C(C)C2=CC3=NC(=CC4=NC(=CC5=C(C=CNOCCCNC(=O)/C=C/c6ccc([10B](O)O)cc6)C(C)(O)C(=CC1=N2)N5)C(C)=C4CCC(=O)N(CC(=O)O)CC(=O)O)C(CCC(=O)N(CC(=O)O)CC(=O)O)=C3C. The lowest BCUT2D eigenvalue weighted by molar-refractivity contribution is -0.149. The minimum absolute atomic E-state index is 0.0212. The third kappa shape index (κ3) is 14.8. The zero-order valence-corrected chi connectivity index (χ0v) is 43.2. The first-order chi connectivity index (χ1) is 37.0. The molecule has 78 heavy (non-hydrogen) atoms. The Morgan fingerprint density at radius 1 is 0.718 bits per heavy atom. The van der Waals surface area contributed by atoms with E-state index in [9.17, 15) is 69.1 Å². The number of carboxylic acids is 4. The number of aliphatic hydroxyl groups is 1. The summed E-state index contributed by atoms with van der Waals surface area (Å²) in [4.78, 5) is 108. The molecule has 0 aliphatic carbocycles. The van der Waals surface area contributed by atoms with E-state index in [0.29, 0.717) is 101 Å². The maximum absolute atomic E-state index is 13.5. The van der Waals surface area contributed by atoms with E-state index in [1.165, 1.54) is 24.4 Å². The summed E-state index contributed by atoms with van der Waals surface area (Å²) in [6.07, 6.45) is 14.1. The molecule has 3 amide bonds. The van der Waals surface area contributed by atoms with Crippen molar-refractivity contribution in [2.45, 2.75) is 65.4 Å². The second kappa shape index (κ2) is 25.8. The molecule has 23 nitrogen and oxygen atoms in total. The number of carboxylic acid groups (broad SMARTS) is 4. The highest BCUT2D eigenvalue weighted by Gasteiger charge is 2.39. The highest BCUT2D eigenvalue weighted by Crippen LogP contribution is 2.40. The van der Waals surface area contributed by atoms with Crippen molar-refractivity contribution in [3.63, 3.8) is 0 Å². The molecule has 5 heterocycles. The van der Waals surface area contributed by atoms with Gasteiger partial charge in [0.1, 0.15) is 31.8 Å². The molecule has 10 N–H and O–H groups in total. The highest BCUT2D eigenvalue weighted by atomic mass is 16.6. The highest BCUT2D eigenvalue weighted by molar-refractivity contribution is 6.58. The lowest BCUT2D eigenvalue weighted by Crippen LogP contribution is -2.39. The summed E-state index contributed by atoms with van der Waals surface area (Å²) >= 11 is 0. The predicted octanol–water partition coefficient (Wildman–Crippen LogP) is 2.13. The molecule has 0 aromatic heterocycles. The van der Waals surface area contributed by atoms with Crippen molar-refractivity contribution < 1.29 is 74.0 Å². The minimum Gasteiger partial charge on any atom is -0.480 e. The van der Waals surface area contributed by atoms with Gasteiger partial charge in [-0.15, -0.1) is 0 Å². The van der Waals surface area contributed by atoms with Crippen LogP contribution in [0, 0.1) is 0 Å². The number of allylic oxidation sites excluding steroid dienone is 11. The Labute approximate surface area is 448 Å². The lowest BCUT2D eigenvalue weighted by atomic mass is 9.26. The molecule has 0 fully saturated rings. The molecule has 408 valence electrons. The number of fused-ring (bicyclic) bond motifs is 5. The standard InChI is InChI=1S/C54H59BN8O15/c1-6-35-30(2)39-22-40-31(3)36(13-16-48(65)62(26-50(67)68)27-51(69)70)42(58-40)24-43-37(14-17-49(66)63(28-52(71)72)29-53(73)74)32(4)41(59-43)23-45-38(54(5,75)46(61-45)25-44(35)60-39)18-20-57-78-21-7-19-56-47(64)15-10-33-8-11-34(12-9-33)55(76)77/h6,8-12,15,18,20,22-25,57,61,75-77H,1,7,13-14,16-17,19,21,26-29H2,2-5H3,(H,56,64)(H,67,68)(H,69,70)(H,71,72)(H,73,74)/b15-10+,20-18?,39-22?,41-23?,42-24?,46-25?/i55-1. The van der Waals surface area contributed by atoms with Crippen molar-refractivity contribution in [2.75, 3.05) is 39.3 Å². The van der Waals surface area contributed by atoms with Crippen molar-refractivity contribution in [3.8, 4) is 0 Å². The molecule has 5 aliphatic heterocycles. The van der Waals surface area contributed by atoms with Gasteiger partial charge in [-0.3, -0.25) is 43.9 Å². The molecular weight excluding hydrogens is 1010 g/mol. The number of aliphatic carboxylic acids is 4. The molecule has 1 atom stereocenters. The third-order valence-corrected chi connectivity index (χ3v) is 13.0. The molecular formula is C54H59BN8O15. The van der Waals surface area contributed by atoms with Gasteiger partial charge in [0.2, 0.25) is 17.7 Å². The van der Waals surface area contributed by atoms with Crippen molar-refractivity contribution in [2.24, 2.45) is 15.0 Å². The minimum atomic E-state index is -1.70. The number of nitrogens with zero attached hydrogens (tertiary/aromatic N) is 5. The van der Waals surface area contributed by atoms with E-state index in [0.717, 1.165) is 10.5 Å². The Morgan fingerprint density at radius 2 is 1.27 bits per heavy atom. The van der Waals surface area contributed by atoms with Crippen LogP contribution in [-0.2, 0) is 38.4 Å². The number of amides is 3. The van der Waals surface area contributed by atoms with E-state index < -0.39 is 74.6 Å². The molecule has 0 spiro atoms. The van der Waals surface area contributed by atoms with Crippen LogP contribution in [0.25, 0.3) is 6.08 Å². The van der Waals surface area contributed by atoms with Crippen LogP contribution in [0.2, 0.25) is 0 Å². The van der Waals surface area contributed by atoms with E-state index in [1.807, 2.05) is 6.92 Å². The maximum Gasteiger partial charge on any atom is 0.488 e. The summed E-state index contributed by atoms with van der Waals surface area (Å²) in [6, 6.07) is 6.36. The van der Waals surface area contributed by atoms with Crippen LogP contribution in [0.15, 0.2) is 162 Å². The van der Waals surface area contributed by atoms with Gasteiger partial charge in [0, 0.05) is 48.5 Å². The second-order valence-electron chi connectivity index (χ2n) is 18.5. The second-order valence-corrected chi connectivity index (χ2v) is 18.5. The Kier molecular flexibility index (Phi) is 19.3. The number of nitrogens with one attached hydrogen (secondary N) is 3. The Morgan fingerprint density at radius 3 is 1.85 bits per heavy atom. The van der Waals surface area contributed by atoms with Crippen LogP contribution in [-0.4, -0.2) is 156 Å². The molecule has 6 rings (SSSR count). The van der Waals surface area contributed by atoms with Crippen molar-refractivity contribution in [1.29, 1.82) is 0 Å². The van der Waals surface area contributed by atoms with Gasteiger partial charge < -0.3 is 56.0 Å². The molecule has 1 aromatic rings. The van der Waals surface area contributed by atoms with Crippen LogP contribution in [0.5, 0.6) is 0 Å². The first kappa shape index (κ1) is 58.4. The Bertz CT molecular complexity index is 3090. The van der Waals surface area contributed by atoms with E-state index in [2.05, 4.69) is 22.7 Å². The number of hydroxylamine groups is 1. The number of hydrogen-bond acceptors (Lipinski definition) is 16. The number of hydrogen-bond donors (Lipinski definition) is 10. The van der Waals surface area contributed by atoms with Crippen LogP contribution in [0.4, 0.5) is 0 Å². The predicted molar refractivity (Wildman–Crippen MR) is 287 cm³/mol. The monoisotopic (exact) mass is 1070 g/mol. The smallest absolute Gasteiger partial charge is 0.480 e. The number of benzene rings is 1. The van der Waals surface area contributed by atoms with Crippen LogP contribution in [0.1, 0.15) is 65.4 Å². The average molecular weight is 1070 g/mol. The summed E-state index contributed by atoms with van der Waals surface area (Å²) in [5.74, 6) is -7.46. The molecule has 24 heteroatoms. The van der Waals surface area contributed by atoms with Crippen molar-refractivity contribution in [1.82, 2.24) is 25.9 Å². The molecule has 8 bridgehead atoms. The fourth-order valence-corrected chi connectivity index (χ4v) is 8.82. The number of rotatable bonds is 25. The van der Waals surface area contributed by atoms with E-state index >= 15 is 0 Å². The third-order valence-electron chi connectivity index (χ3n) is 13.0. The van der Waals surface area contributed by atoms with Crippen molar-refractivity contribution in [3.05, 3.63) is 153 Å². The first-order valence-corrected chi connectivity index (χ1v) is 24.5. The Hall–Kier alpha value is -8.84. The molecule has 0 saturated carbocycles. The molecule has 1 aromatic carbocycles. The van der Waals surface area contributed by atoms with Gasteiger partial charge in [-0.2, -0.15) is 0 Å². The van der Waals surface area contributed by atoms with E-state index in [1.54, 1.807) is 75.4 Å². The van der Waals surface area contributed by atoms with Gasteiger partial charge in [0.25, 0.3) is 0 Å². The number of carbonyl (C=O) groups is 7. The number of carbonyl (C=O) groups excluding carboxylic acids is 3. The maximum atomic E-state index is 13.5. The van der Waals surface area contributed by atoms with Gasteiger partial charge in [0.15, 0.2) is 0 Å². The fourth-order valence-electron chi connectivity index (χ4n) is 8.82. The van der Waals surface area contributed by atoms with Gasteiger partial charge in [-0.25, -0.2) is 15.0 Å². The zero-order chi connectivity index (χ0) is 57.0. The summed E-state index contributed by atoms with van der Waals surface area (Å²) < 4.78 is 0. The van der Waals surface area contributed by atoms with E-state index in [-0.39, 0.29) is 44.7 Å². The largest absolute Gasteiger partial charge is 0.488 e. The summed E-state index contributed by atoms with van der Waals surface area (Å²) in [5.41, 5.74) is 9.01. The average Bonchev–Trinajstić information content (AvgIpc) is 4.07. The van der Waals surface area contributed by atoms with Crippen LogP contribution >= 0.6 is 0 Å². The summed E-state index contributed by atoms with van der Waals surface area (Å²) in [7, 11) is -1.60. The fraction of sp³-hybridized carbons (Fsp3) is 0.296. The molecule has 0 saturated heterocycles. The summed E-state index contributed by atoms with van der Waals surface area (Å²) in [6.45, 7) is 8.00. The van der Waals surface area contributed by atoms with Gasteiger partial charge in [-0.05, 0) is 122 Å². The lowest BCUT2D eigenvalue weighted by Gasteiger charge is -2.21. The van der Waals surface area contributed by atoms with Crippen LogP contribution in [0.3, 0.4) is 0 Å². The van der Waals surface area contributed by atoms with Crippen molar-refractivity contribution >= 4 is 77.4 Å². The quantitative estimate of drug-likeness (QED) is 0.0290. The normalized spacial score (nSPS) is 17.8. The van der Waals surface area contributed by atoms with E-state index in [4.69, 9.17) is 19.8 Å². The number of aliphatic imine (C=N–C) groups is 3.